The van der Waals surface area contributed by atoms with Gasteiger partial charge in [0.25, 0.3) is 0 Å². The first-order valence-corrected chi connectivity index (χ1v) is 9.35. The minimum atomic E-state index is -5.29. The number of hydrogen-bond acceptors (Lipinski definition) is 5. The third-order valence-corrected chi connectivity index (χ3v) is 5.95. The van der Waals surface area contributed by atoms with Crippen molar-refractivity contribution in [2.75, 3.05) is 25.0 Å². The summed E-state index contributed by atoms with van der Waals surface area (Å²) in [7, 11) is -5.28. The van der Waals surface area contributed by atoms with Crippen LogP contribution in [0, 0.1) is 17.2 Å². The molecule has 1 aromatic carbocycles. The number of nitrogens with zero attached hydrogens (tertiary/aromatic N) is 2. The highest BCUT2D eigenvalue weighted by atomic mass is 32.2. The highest BCUT2D eigenvalue weighted by molar-refractivity contribution is 7.90. The van der Waals surface area contributed by atoms with Crippen LogP contribution in [0.2, 0.25) is 0 Å². The number of alkyl halides is 3. The fourth-order valence-corrected chi connectivity index (χ4v) is 3.81. The van der Waals surface area contributed by atoms with Crippen LogP contribution < -0.4 is 5.32 Å². The number of sulfonamides is 1. The molecule has 0 unspecified atom stereocenters. The number of rotatable bonds is 5. The van der Waals surface area contributed by atoms with Crippen LogP contribution in [0.5, 0.6) is 0 Å². The number of benzene rings is 1. The molecule has 142 valence electrons. The van der Waals surface area contributed by atoms with Crippen molar-refractivity contribution in [2.24, 2.45) is 5.92 Å². The number of hydrogen-bond donors (Lipinski definition) is 1. The van der Waals surface area contributed by atoms with E-state index in [2.05, 4.69) is 5.32 Å². The van der Waals surface area contributed by atoms with Crippen molar-refractivity contribution in [3.8, 4) is 6.07 Å². The number of nitriles is 1. The summed E-state index contributed by atoms with van der Waals surface area (Å²) in [5, 5.41) is 12.0. The van der Waals surface area contributed by atoms with E-state index in [4.69, 9.17) is 5.26 Å². The molecular weight excluding hydrogens is 371 g/mol. The van der Waals surface area contributed by atoms with Gasteiger partial charge in [-0.05, 0) is 43.9 Å². The van der Waals surface area contributed by atoms with Gasteiger partial charge in [-0.2, -0.15) is 22.7 Å². The normalized spacial score (nSPS) is 16.9. The van der Waals surface area contributed by atoms with Crippen molar-refractivity contribution in [1.82, 2.24) is 4.31 Å². The number of Topliss-reactive ketones (excluding diaryl/α,β-unsaturated/α-hetero) is 1. The van der Waals surface area contributed by atoms with Gasteiger partial charge in [-0.25, -0.2) is 8.42 Å². The van der Waals surface area contributed by atoms with Gasteiger partial charge in [-0.15, -0.1) is 0 Å². The summed E-state index contributed by atoms with van der Waals surface area (Å²) >= 11 is 0. The summed E-state index contributed by atoms with van der Waals surface area (Å²) in [5.74, 6) is -0.219. The molecule has 1 aliphatic heterocycles. The monoisotopic (exact) mass is 389 g/mol. The van der Waals surface area contributed by atoms with Crippen molar-refractivity contribution in [1.29, 1.82) is 5.26 Å². The molecule has 0 atom stereocenters. The Morgan fingerprint density at radius 3 is 2.46 bits per heavy atom. The van der Waals surface area contributed by atoms with Gasteiger partial charge in [-0.1, -0.05) is 0 Å². The van der Waals surface area contributed by atoms with Crippen LogP contribution in [-0.4, -0.2) is 43.6 Å². The third-order valence-electron chi connectivity index (χ3n) is 4.32. The quantitative estimate of drug-likeness (QED) is 0.782. The van der Waals surface area contributed by atoms with E-state index in [0.29, 0.717) is 27.7 Å². The molecule has 0 radical (unpaired) electrons. The molecule has 10 heteroatoms. The fraction of sp³-hybridized carbons (Fsp3) is 0.500. The van der Waals surface area contributed by atoms with E-state index in [-0.39, 0.29) is 37.6 Å². The summed E-state index contributed by atoms with van der Waals surface area (Å²) in [4.78, 5) is 11.7. The molecule has 1 aliphatic rings. The van der Waals surface area contributed by atoms with Crippen LogP contribution in [0.3, 0.4) is 0 Å². The number of nitrogens with one attached hydrogen (secondary N) is 1. The molecule has 1 saturated heterocycles. The summed E-state index contributed by atoms with van der Waals surface area (Å²) < 4.78 is 61.0. The predicted molar refractivity (Wildman–Crippen MR) is 88.9 cm³/mol. The van der Waals surface area contributed by atoms with Gasteiger partial charge < -0.3 is 5.32 Å². The number of ketones is 1. The van der Waals surface area contributed by atoms with Gasteiger partial charge in [0.15, 0.2) is 5.78 Å². The maximum Gasteiger partial charge on any atom is 0.511 e. The van der Waals surface area contributed by atoms with E-state index in [1.807, 2.05) is 6.07 Å². The Hall–Kier alpha value is -2.12. The van der Waals surface area contributed by atoms with E-state index < -0.39 is 15.5 Å². The van der Waals surface area contributed by atoms with Crippen molar-refractivity contribution in [3.05, 3.63) is 29.3 Å². The molecular formula is C16H18F3N3O3S. The maximum absolute atomic E-state index is 12.6. The molecule has 26 heavy (non-hydrogen) atoms. The standard InChI is InChI=1S/C16H18F3N3O3S/c1-11(23)14-3-2-13(9-20)8-15(14)21-10-12-4-6-22(7-5-12)26(24,25)16(17,18)19/h2-3,8,12,21H,4-7,10H2,1H3. The average Bonchev–Trinajstić information content (AvgIpc) is 2.58. The molecule has 1 aromatic rings. The Labute approximate surface area is 149 Å². The number of halogens is 3. The first-order chi connectivity index (χ1) is 12.1. The smallest absolute Gasteiger partial charge is 0.384 e. The molecule has 1 N–H and O–H groups in total. The molecule has 0 aliphatic carbocycles. The van der Waals surface area contributed by atoms with Crippen molar-refractivity contribution in [2.45, 2.75) is 25.3 Å². The van der Waals surface area contributed by atoms with Crippen LogP contribution in [0.1, 0.15) is 35.7 Å². The molecule has 0 amide bonds. The van der Waals surface area contributed by atoms with Crippen LogP contribution in [0.4, 0.5) is 18.9 Å². The van der Waals surface area contributed by atoms with Gasteiger partial charge in [0.05, 0.1) is 11.6 Å². The minimum Gasteiger partial charge on any atom is -0.384 e. The van der Waals surface area contributed by atoms with E-state index in [1.54, 1.807) is 12.1 Å². The van der Waals surface area contributed by atoms with Gasteiger partial charge in [0, 0.05) is 30.9 Å². The lowest BCUT2D eigenvalue weighted by molar-refractivity contribution is -0.0496. The molecule has 1 heterocycles. The van der Waals surface area contributed by atoms with E-state index in [9.17, 15) is 26.4 Å². The van der Waals surface area contributed by atoms with Gasteiger partial charge in [0.1, 0.15) is 0 Å². The maximum atomic E-state index is 12.6. The highest BCUT2D eigenvalue weighted by Gasteiger charge is 2.50. The topological polar surface area (TPSA) is 90.3 Å². The lowest BCUT2D eigenvalue weighted by atomic mass is 9.97. The summed E-state index contributed by atoms with van der Waals surface area (Å²) in [6.45, 7) is 1.36. The molecule has 6 nitrogen and oxygen atoms in total. The summed E-state index contributed by atoms with van der Waals surface area (Å²) in [6.07, 6.45) is 0.547. The lowest BCUT2D eigenvalue weighted by Gasteiger charge is -2.31. The SMILES string of the molecule is CC(=O)c1ccc(C#N)cc1NCC1CCN(S(=O)(=O)C(F)(F)F)CC1. The molecule has 2 rings (SSSR count). The molecule has 0 spiro atoms. The van der Waals surface area contributed by atoms with Crippen LogP contribution in [0.15, 0.2) is 18.2 Å². The predicted octanol–water partition coefficient (Wildman–Crippen LogP) is 2.73. The fourth-order valence-electron chi connectivity index (χ4n) is 2.82. The Morgan fingerprint density at radius 2 is 1.96 bits per heavy atom. The summed E-state index contributed by atoms with van der Waals surface area (Å²) in [5.41, 5.74) is -4.00. The minimum absolute atomic E-state index is 0.0415. The summed E-state index contributed by atoms with van der Waals surface area (Å²) in [6, 6.07) is 6.59. The second-order valence-electron chi connectivity index (χ2n) is 6.10. The van der Waals surface area contributed by atoms with Crippen LogP contribution in [0.25, 0.3) is 0 Å². The molecule has 0 saturated carbocycles. The molecule has 1 fully saturated rings. The molecule has 0 bridgehead atoms. The third kappa shape index (κ3) is 4.34. The molecule has 0 aromatic heterocycles. The van der Waals surface area contributed by atoms with Crippen LogP contribution >= 0.6 is 0 Å². The van der Waals surface area contributed by atoms with Crippen molar-refractivity contribution in [3.63, 3.8) is 0 Å². The zero-order valence-electron chi connectivity index (χ0n) is 14.0. The highest BCUT2D eigenvalue weighted by Crippen LogP contribution is 2.30. The average molecular weight is 389 g/mol. The zero-order chi connectivity index (χ0) is 19.5. The Kier molecular flexibility index (Phi) is 5.93. The zero-order valence-corrected chi connectivity index (χ0v) is 14.8. The Bertz CT molecular complexity index is 823. The Morgan fingerprint density at radius 1 is 1.35 bits per heavy atom. The van der Waals surface area contributed by atoms with Gasteiger partial charge >= 0.3 is 15.5 Å². The van der Waals surface area contributed by atoms with E-state index >= 15 is 0 Å². The second kappa shape index (κ2) is 7.63. The van der Waals surface area contributed by atoms with Crippen molar-refractivity contribution >= 4 is 21.5 Å². The number of carbonyl (C=O) groups excluding carboxylic acids is 1. The first-order valence-electron chi connectivity index (χ1n) is 7.91. The Balaban J connectivity index is 2.00. The van der Waals surface area contributed by atoms with Gasteiger partial charge in [0.2, 0.25) is 0 Å². The van der Waals surface area contributed by atoms with E-state index in [0.717, 1.165) is 0 Å². The number of piperidine rings is 1. The second-order valence-corrected chi connectivity index (χ2v) is 8.03. The number of anilines is 1. The number of carbonyl (C=O) groups is 1. The van der Waals surface area contributed by atoms with Crippen LogP contribution in [-0.2, 0) is 10.0 Å². The first kappa shape index (κ1) is 20.2. The largest absolute Gasteiger partial charge is 0.511 e. The van der Waals surface area contributed by atoms with E-state index in [1.165, 1.54) is 13.0 Å². The lowest BCUT2D eigenvalue weighted by Crippen LogP contribution is -2.45. The van der Waals surface area contributed by atoms with Gasteiger partial charge in [-0.3, -0.25) is 4.79 Å². The van der Waals surface area contributed by atoms with Crippen molar-refractivity contribution < 1.29 is 26.4 Å².